The zero-order valence-electron chi connectivity index (χ0n) is 33.0. The molecule has 0 fully saturated rings. The zero-order chi connectivity index (χ0) is 40.3. The van der Waals surface area contributed by atoms with Gasteiger partial charge in [-0.1, -0.05) is 188 Å². The zero-order valence-corrected chi connectivity index (χ0v) is 33.8. The third-order valence-electron chi connectivity index (χ3n) is 11.9. The number of aromatic nitrogens is 3. The lowest BCUT2D eigenvalue weighted by Gasteiger charge is -2.15. The van der Waals surface area contributed by atoms with Crippen LogP contribution in [0.5, 0.6) is 0 Å². The molecule has 2 heterocycles. The van der Waals surface area contributed by atoms with Crippen LogP contribution < -0.4 is 0 Å². The third kappa shape index (κ3) is 6.07. The SMILES string of the molecule is c1ccc(-c2ccccc2-c2nc(-c3ccc(-c4c5ccccc5cc5c4ccc4ccccc45)cc3)nc(-c3cccc(-c4cccc5sc6ccccc6c45)c3)n2)cc1. The molecule has 12 rings (SSSR count). The van der Waals surface area contributed by atoms with Gasteiger partial charge in [-0.25, -0.2) is 15.0 Å². The van der Waals surface area contributed by atoms with Crippen LogP contribution in [0, 0.1) is 0 Å². The molecule has 4 heteroatoms. The van der Waals surface area contributed by atoms with Crippen LogP contribution in [0.1, 0.15) is 0 Å². The maximum absolute atomic E-state index is 5.26. The minimum atomic E-state index is 0.625. The molecule has 61 heavy (non-hydrogen) atoms. The van der Waals surface area contributed by atoms with Gasteiger partial charge in [0.05, 0.1) is 0 Å². The van der Waals surface area contributed by atoms with Gasteiger partial charge in [-0.05, 0) is 90.0 Å². The van der Waals surface area contributed by atoms with Crippen molar-refractivity contribution < 1.29 is 0 Å². The second-order valence-electron chi connectivity index (χ2n) is 15.5. The Morgan fingerprint density at radius 3 is 1.72 bits per heavy atom. The molecule has 0 radical (unpaired) electrons. The lowest BCUT2D eigenvalue weighted by atomic mass is 9.89. The highest BCUT2D eigenvalue weighted by Gasteiger charge is 2.18. The summed E-state index contributed by atoms with van der Waals surface area (Å²) in [4.78, 5) is 15.8. The fourth-order valence-corrected chi connectivity index (χ4v) is 10.2. The van der Waals surface area contributed by atoms with Crippen molar-refractivity contribution in [2.45, 2.75) is 0 Å². The first-order chi connectivity index (χ1) is 30.2. The van der Waals surface area contributed by atoms with Gasteiger partial charge >= 0.3 is 0 Å². The van der Waals surface area contributed by atoms with E-state index in [0.717, 1.165) is 38.9 Å². The second kappa shape index (κ2) is 14.5. The smallest absolute Gasteiger partial charge is 0.164 e. The van der Waals surface area contributed by atoms with E-state index in [0.29, 0.717) is 17.5 Å². The normalized spacial score (nSPS) is 11.6. The number of rotatable bonds is 6. The van der Waals surface area contributed by atoms with Crippen LogP contribution in [0.2, 0.25) is 0 Å². The highest BCUT2D eigenvalue weighted by molar-refractivity contribution is 7.25. The molecule has 0 N–H and O–H groups in total. The molecule has 3 nitrogen and oxygen atoms in total. The third-order valence-corrected chi connectivity index (χ3v) is 13.1. The number of thiophene rings is 1. The quantitative estimate of drug-likeness (QED) is 0.124. The van der Waals surface area contributed by atoms with Crippen LogP contribution in [0.3, 0.4) is 0 Å². The summed E-state index contributed by atoms with van der Waals surface area (Å²) in [6.45, 7) is 0. The number of hydrogen-bond acceptors (Lipinski definition) is 4. The highest BCUT2D eigenvalue weighted by Crippen LogP contribution is 2.42. The van der Waals surface area contributed by atoms with Crippen LogP contribution in [-0.4, -0.2) is 15.0 Å². The molecule has 0 spiro atoms. The Hall–Kier alpha value is -7.79. The Kier molecular flexibility index (Phi) is 8.36. The van der Waals surface area contributed by atoms with Crippen molar-refractivity contribution in [2.75, 3.05) is 0 Å². The molecular formula is C57H35N3S. The van der Waals surface area contributed by atoms with Crippen molar-refractivity contribution in [2.24, 2.45) is 0 Å². The van der Waals surface area contributed by atoms with Gasteiger partial charge in [0.15, 0.2) is 17.5 Å². The average Bonchev–Trinajstić information content (AvgIpc) is 3.73. The first-order valence-corrected chi connectivity index (χ1v) is 21.4. The Balaban J connectivity index is 1.03. The first kappa shape index (κ1) is 35.2. The first-order valence-electron chi connectivity index (χ1n) is 20.6. The van der Waals surface area contributed by atoms with Gasteiger partial charge in [0.25, 0.3) is 0 Å². The van der Waals surface area contributed by atoms with Crippen molar-refractivity contribution in [1.82, 2.24) is 15.0 Å². The standard InChI is InChI=1S/C57H35N3S/c1-2-14-36(15-3-1)43-20-8-9-23-48(43)57-59-55(58-56(60-57)42-19-12-18-40(34-42)46-25-13-27-52-54(46)49-24-10-11-26-51(49)61-52)39-30-28-38(29-31-39)53-45-22-7-5-17-41(45)35-50-44-21-6-4-16-37(44)32-33-47(50)53/h1-35H. The van der Waals surface area contributed by atoms with Gasteiger partial charge in [-0.2, -0.15) is 0 Å². The number of benzene rings is 10. The summed E-state index contributed by atoms with van der Waals surface area (Å²) in [6.07, 6.45) is 0. The summed E-state index contributed by atoms with van der Waals surface area (Å²) in [5.74, 6) is 1.88. The molecule has 0 aliphatic rings. The van der Waals surface area contributed by atoms with Gasteiger partial charge in [-0.3, -0.25) is 0 Å². The van der Waals surface area contributed by atoms with E-state index in [2.05, 4.69) is 206 Å². The lowest BCUT2D eigenvalue weighted by Crippen LogP contribution is -2.01. The van der Waals surface area contributed by atoms with Crippen molar-refractivity contribution in [3.05, 3.63) is 212 Å². The van der Waals surface area contributed by atoms with Crippen LogP contribution in [-0.2, 0) is 0 Å². The molecule has 2 aromatic heterocycles. The van der Waals surface area contributed by atoms with Gasteiger partial charge in [0.2, 0.25) is 0 Å². The summed E-state index contributed by atoms with van der Waals surface area (Å²) in [7, 11) is 0. The molecule has 0 amide bonds. The van der Waals surface area contributed by atoms with Crippen LogP contribution in [0.4, 0.5) is 0 Å². The monoisotopic (exact) mass is 793 g/mol. The Morgan fingerprint density at radius 2 is 0.869 bits per heavy atom. The Morgan fingerprint density at radius 1 is 0.279 bits per heavy atom. The largest absolute Gasteiger partial charge is 0.208 e. The fraction of sp³-hybridized carbons (Fsp3) is 0. The Bertz CT molecular complexity index is 3650. The highest BCUT2D eigenvalue weighted by atomic mass is 32.1. The van der Waals surface area contributed by atoms with E-state index < -0.39 is 0 Å². The molecule has 0 unspecified atom stereocenters. The predicted molar refractivity (Wildman–Crippen MR) is 258 cm³/mol. The molecule has 10 aromatic carbocycles. The summed E-state index contributed by atoms with van der Waals surface area (Å²) in [5.41, 5.74) is 9.69. The molecule has 284 valence electrons. The molecular weight excluding hydrogens is 759 g/mol. The number of nitrogens with zero attached hydrogens (tertiary/aromatic N) is 3. The maximum atomic E-state index is 5.26. The topological polar surface area (TPSA) is 38.7 Å². The van der Waals surface area contributed by atoms with E-state index in [1.54, 1.807) is 0 Å². The van der Waals surface area contributed by atoms with E-state index in [1.165, 1.54) is 63.6 Å². The van der Waals surface area contributed by atoms with Crippen molar-refractivity contribution >= 4 is 63.8 Å². The molecule has 0 saturated carbocycles. The molecule has 0 atom stereocenters. The van der Waals surface area contributed by atoms with Crippen LogP contribution in [0.15, 0.2) is 212 Å². The van der Waals surface area contributed by atoms with Crippen molar-refractivity contribution in [1.29, 1.82) is 0 Å². The van der Waals surface area contributed by atoms with Gasteiger partial charge in [-0.15, -0.1) is 11.3 Å². The summed E-state index contributed by atoms with van der Waals surface area (Å²) < 4.78 is 2.57. The molecule has 0 saturated heterocycles. The molecule has 12 aromatic rings. The van der Waals surface area contributed by atoms with E-state index >= 15 is 0 Å². The van der Waals surface area contributed by atoms with Crippen LogP contribution in [0.25, 0.3) is 120 Å². The second-order valence-corrected chi connectivity index (χ2v) is 16.6. The van der Waals surface area contributed by atoms with Crippen molar-refractivity contribution in [3.8, 4) is 67.5 Å². The van der Waals surface area contributed by atoms with Crippen LogP contribution >= 0.6 is 11.3 Å². The summed E-state index contributed by atoms with van der Waals surface area (Å²) in [5, 5.41) is 9.99. The fourth-order valence-electron chi connectivity index (χ4n) is 9.06. The van der Waals surface area contributed by atoms with E-state index in [-0.39, 0.29) is 0 Å². The van der Waals surface area contributed by atoms with Crippen molar-refractivity contribution in [3.63, 3.8) is 0 Å². The van der Waals surface area contributed by atoms with Gasteiger partial charge in [0, 0.05) is 36.9 Å². The van der Waals surface area contributed by atoms with E-state index in [9.17, 15) is 0 Å². The maximum Gasteiger partial charge on any atom is 0.164 e. The summed E-state index contributed by atoms with van der Waals surface area (Å²) >= 11 is 1.84. The summed E-state index contributed by atoms with van der Waals surface area (Å²) in [6, 6.07) is 75.8. The van der Waals surface area contributed by atoms with Gasteiger partial charge in [0.1, 0.15) is 0 Å². The Labute approximate surface area is 356 Å². The van der Waals surface area contributed by atoms with E-state index in [4.69, 9.17) is 15.0 Å². The number of fused-ring (bicyclic) bond motifs is 7. The molecule has 0 bridgehead atoms. The van der Waals surface area contributed by atoms with Gasteiger partial charge < -0.3 is 0 Å². The van der Waals surface area contributed by atoms with E-state index in [1.807, 2.05) is 17.4 Å². The number of hydrogen-bond donors (Lipinski definition) is 0. The predicted octanol–water partition coefficient (Wildman–Crippen LogP) is 15.7. The minimum Gasteiger partial charge on any atom is -0.208 e. The minimum absolute atomic E-state index is 0.625. The molecule has 0 aliphatic heterocycles. The lowest BCUT2D eigenvalue weighted by molar-refractivity contribution is 1.07. The molecule has 0 aliphatic carbocycles. The average molecular weight is 794 g/mol.